The summed E-state index contributed by atoms with van der Waals surface area (Å²) < 4.78 is 6.10. The molecule has 4 saturated carbocycles. The molecule has 0 aromatic carbocycles. The number of morpholine rings is 1. The van der Waals surface area contributed by atoms with Crippen LogP contribution in [0.15, 0.2) is 0 Å². The zero-order valence-corrected chi connectivity index (χ0v) is 28.5. The van der Waals surface area contributed by atoms with E-state index in [0.717, 1.165) is 64.6 Å². The lowest BCUT2D eigenvalue weighted by molar-refractivity contribution is -0.174. The maximum atomic E-state index is 13.9. The average Bonchev–Trinajstić information content (AvgIpc) is 3.32. The predicted molar refractivity (Wildman–Crippen MR) is 169 cm³/mol. The third-order valence-corrected chi connectivity index (χ3v) is 13.0. The summed E-state index contributed by atoms with van der Waals surface area (Å²) >= 11 is 0. The second kappa shape index (κ2) is 14.2. The SMILES string of the molecule is CC[C@H](C)[C@@H]1CN([C@H]2C[C@@]3(C)[C@@H](CC[C@H]4[C@@H]5CC[C@H](C(C)=O)[C@@]5(C)CC(=O)[C@@H]43)C[C@@H]2O)CCO1.O=C(O)CC(O)(CC(=O)O)C(=O)O. The van der Waals surface area contributed by atoms with Crippen molar-refractivity contribution < 1.29 is 54.2 Å². The minimum absolute atomic E-state index is 0.0519. The second-order valence-electron chi connectivity index (χ2n) is 15.8. The largest absolute Gasteiger partial charge is 0.481 e. The molecule has 0 radical (unpaired) electrons. The quantitative estimate of drug-likeness (QED) is 0.241. The molecule has 266 valence electrons. The molecule has 1 heterocycles. The molecule has 0 spiro atoms. The van der Waals surface area contributed by atoms with Crippen molar-refractivity contribution in [3.05, 3.63) is 0 Å². The molecule has 0 amide bonds. The number of aliphatic carboxylic acids is 3. The third kappa shape index (κ3) is 7.31. The minimum atomic E-state index is -2.74. The summed E-state index contributed by atoms with van der Waals surface area (Å²) in [7, 11) is 0. The molecule has 12 nitrogen and oxygen atoms in total. The lowest BCUT2D eigenvalue weighted by Crippen LogP contribution is -2.63. The average molecular weight is 666 g/mol. The highest BCUT2D eigenvalue weighted by Crippen LogP contribution is 2.66. The molecule has 0 aromatic heterocycles. The van der Waals surface area contributed by atoms with Gasteiger partial charge in [-0.1, -0.05) is 34.1 Å². The first-order valence-corrected chi connectivity index (χ1v) is 17.3. The van der Waals surface area contributed by atoms with Gasteiger partial charge in [0.15, 0.2) is 5.60 Å². The van der Waals surface area contributed by atoms with Gasteiger partial charge in [0.05, 0.1) is 31.7 Å². The number of nitrogens with zero attached hydrogens (tertiary/aromatic N) is 1. The lowest BCUT2D eigenvalue weighted by Gasteiger charge is -2.61. The third-order valence-electron chi connectivity index (χ3n) is 13.0. The van der Waals surface area contributed by atoms with Crippen molar-refractivity contribution in [2.75, 3.05) is 19.7 Å². The number of ether oxygens (including phenoxy) is 1. The number of aliphatic hydroxyl groups excluding tert-OH is 1. The lowest BCUT2D eigenvalue weighted by atomic mass is 9.43. The highest BCUT2D eigenvalue weighted by Gasteiger charge is 2.64. The van der Waals surface area contributed by atoms with E-state index in [2.05, 4.69) is 32.6 Å². The summed E-state index contributed by atoms with van der Waals surface area (Å²) in [6, 6.07) is 0.116. The molecule has 11 atom stereocenters. The Morgan fingerprint density at radius 2 is 1.66 bits per heavy atom. The van der Waals surface area contributed by atoms with E-state index in [4.69, 9.17) is 25.2 Å². The number of hydrogen-bond acceptors (Lipinski definition) is 9. The number of fused-ring (bicyclic) bond motifs is 5. The summed E-state index contributed by atoms with van der Waals surface area (Å²) in [6.07, 6.45) is 5.30. The van der Waals surface area contributed by atoms with Gasteiger partial charge in [-0.05, 0) is 80.0 Å². The van der Waals surface area contributed by atoms with Crippen LogP contribution in [0.5, 0.6) is 0 Å². The minimum Gasteiger partial charge on any atom is -0.481 e. The van der Waals surface area contributed by atoms with Crippen LogP contribution in [0.3, 0.4) is 0 Å². The Hall–Kier alpha value is -2.41. The van der Waals surface area contributed by atoms with E-state index in [-0.39, 0.29) is 46.7 Å². The molecule has 4 aliphatic carbocycles. The van der Waals surface area contributed by atoms with Gasteiger partial charge in [-0.15, -0.1) is 0 Å². The Kier molecular flexibility index (Phi) is 11.3. The topological polar surface area (TPSA) is 199 Å². The molecule has 0 unspecified atom stereocenters. The van der Waals surface area contributed by atoms with Gasteiger partial charge in [-0.25, -0.2) is 4.79 Å². The number of hydrogen-bond donors (Lipinski definition) is 5. The van der Waals surface area contributed by atoms with Gasteiger partial charge >= 0.3 is 17.9 Å². The standard InChI is InChI=1S/C29H47NO4.C6H8O7/c1-6-17(2)26-16-30(11-12-34-26)23-14-28(4)19(13-24(23)32)7-8-20-22-10-9-21(18(3)31)29(22,5)15-25(33)27(20)28;7-3(8)1-6(13,5(11)12)2-4(9)10/h17,19-24,26-27,32H,6-16H2,1-5H3;13H,1-2H2,(H,7,8)(H,9,10)(H,11,12)/t17-,19-,20-,21+,22-,23-,24-,26-,27+,28-,29+;/m0./s1. The van der Waals surface area contributed by atoms with Crippen LogP contribution >= 0.6 is 0 Å². The first-order valence-electron chi connectivity index (χ1n) is 17.3. The van der Waals surface area contributed by atoms with E-state index < -0.39 is 36.4 Å². The normalized spacial score (nSPS) is 39.3. The monoisotopic (exact) mass is 665 g/mol. The van der Waals surface area contributed by atoms with Crippen molar-refractivity contribution in [1.29, 1.82) is 0 Å². The summed E-state index contributed by atoms with van der Waals surface area (Å²) in [4.78, 5) is 59.4. The highest BCUT2D eigenvalue weighted by atomic mass is 16.5. The molecule has 5 fully saturated rings. The fourth-order valence-corrected chi connectivity index (χ4v) is 10.5. The van der Waals surface area contributed by atoms with Gasteiger partial charge in [0, 0.05) is 37.4 Å². The van der Waals surface area contributed by atoms with Crippen LogP contribution in [-0.2, 0) is 28.7 Å². The van der Waals surface area contributed by atoms with Gasteiger partial charge in [-0.3, -0.25) is 24.1 Å². The van der Waals surface area contributed by atoms with Crippen LogP contribution < -0.4 is 0 Å². The van der Waals surface area contributed by atoms with Crippen LogP contribution in [0, 0.1) is 46.3 Å². The number of rotatable bonds is 9. The Morgan fingerprint density at radius 3 is 2.21 bits per heavy atom. The molecule has 1 aliphatic heterocycles. The molecule has 5 rings (SSSR count). The Labute approximate surface area is 277 Å². The molecule has 12 heteroatoms. The first kappa shape index (κ1) is 37.4. The van der Waals surface area contributed by atoms with E-state index in [1.807, 2.05) is 0 Å². The van der Waals surface area contributed by atoms with Gasteiger partial charge in [-0.2, -0.15) is 0 Å². The van der Waals surface area contributed by atoms with Crippen LogP contribution in [0.25, 0.3) is 0 Å². The van der Waals surface area contributed by atoms with Crippen LogP contribution in [0.4, 0.5) is 0 Å². The van der Waals surface area contributed by atoms with E-state index in [1.54, 1.807) is 6.92 Å². The zero-order valence-electron chi connectivity index (χ0n) is 28.5. The van der Waals surface area contributed by atoms with Crippen LogP contribution in [0.2, 0.25) is 0 Å². The van der Waals surface area contributed by atoms with E-state index in [1.165, 1.54) is 0 Å². The fourth-order valence-electron chi connectivity index (χ4n) is 10.5. The predicted octanol–water partition coefficient (Wildman–Crippen LogP) is 3.25. The summed E-state index contributed by atoms with van der Waals surface area (Å²) in [6.45, 7) is 13.3. The van der Waals surface area contributed by atoms with Crippen LogP contribution in [-0.4, -0.2) is 103 Å². The number of carbonyl (C=O) groups is 5. The van der Waals surface area contributed by atoms with E-state index >= 15 is 0 Å². The van der Waals surface area contributed by atoms with Crippen molar-refractivity contribution in [3.63, 3.8) is 0 Å². The van der Waals surface area contributed by atoms with E-state index in [0.29, 0.717) is 35.9 Å². The van der Waals surface area contributed by atoms with Crippen molar-refractivity contribution in [1.82, 2.24) is 4.90 Å². The number of carboxylic acid groups (broad SMARTS) is 3. The molecular weight excluding hydrogens is 610 g/mol. The van der Waals surface area contributed by atoms with Gasteiger partial charge < -0.3 is 30.3 Å². The number of Topliss-reactive ketones (excluding diaryl/α,β-unsaturated/α-hetero) is 2. The van der Waals surface area contributed by atoms with Gasteiger partial charge in [0.1, 0.15) is 11.6 Å². The Balaban J connectivity index is 0.000000328. The van der Waals surface area contributed by atoms with Crippen molar-refractivity contribution in [2.45, 2.75) is 123 Å². The maximum absolute atomic E-state index is 13.9. The molecule has 47 heavy (non-hydrogen) atoms. The smallest absolute Gasteiger partial charge is 0.336 e. The van der Waals surface area contributed by atoms with E-state index in [9.17, 15) is 29.1 Å². The molecular formula is C35H55NO11. The van der Waals surface area contributed by atoms with Crippen molar-refractivity contribution in [2.24, 2.45) is 46.3 Å². The molecule has 5 N–H and O–H groups in total. The van der Waals surface area contributed by atoms with Crippen LogP contribution in [0.1, 0.15) is 98.8 Å². The highest BCUT2D eigenvalue weighted by molar-refractivity contribution is 5.88. The zero-order chi connectivity index (χ0) is 35.1. The van der Waals surface area contributed by atoms with Gasteiger partial charge in [0.25, 0.3) is 0 Å². The Bertz CT molecular complexity index is 1210. The van der Waals surface area contributed by atoms with Gasteiger partial charge in [0.2, 0.25) is 0 Å². The maximum Gasteiger partial charge on any atom is 0.336 e. The summed E-state index contributed by atoms with van der Waals surface area (Å²) in [5.41, 5.74) is -2.93. The number of ketones is 2. The number of carboxylic acids is 3. The molecule has 0 aromatic rings. The number of aliphatic hydroxyl groups is 2. The summed E-state index contributed by atoms with van der Waals surface area (Å²) in [5.74, 6) is -2.34. The first-order chi connectivity index (χ1) is 21.9. The Morgan fingerprint density at radius 1 is 1.02 bits per heavy atom. The summed E-state index contributed by atoms with van der Waals surface area (Å²) in [5, 5.41) is 45.1. The molecule has 1 saturated heterocycles. The molecule has 0 bridgehead atoms. The fraction of sp³-hybridized carbons (Fsp3) is 0.857. The second-order valence-corrected chi connectivity index (χ2v) is 15.8. The van der Waals surface area contributed by atoms with Crippen molar-refractivity contribution >= 4 is 29.5 Å². The number of carbonyl (C=O) groups excluding carboxylic acids is 2. The van der Waals surface area contributed by atoms with Crippen molar-refractivity contribution in [3.8, 4) is 0 Å². The molecule has 5 aliphatic rings.